The monoisotopic (exact) mass is 350 g/mol. The van der Waals surface area contributed by atoms with Gasteiger partial charge in [-0.15, -0.1) is 0 Å². The molecular formula is C20H30O3S. The third-order valence-corrected chi connectivity index (χ3v) is 7.76. The van der Waals surface area contributed by atoms with Crippen molar-refractivity contribution in [1.29, 1.82) is 0 Å². The van der Waals surface area contributed by atoms with E-state index in [9.17, 15) is 13.2 Å². The largest absolute Gasteiger partial charge is 0.299 e. The summed E-state index contributed by atoms with van der Waals surface area (Å²) in [5, 5.41) is -0.300. The first kappa shape index (κ1) is 19.2. The lowest BCUT2D eigenvalue weighted by molar-refractivity contribution is -0.124. The Morgan fingerprint density at radius 2 is 1.75 bits per heavy atom. The molecule has 1 saturated carbocycles. The maximum absolute atomic E-state index is 12.5. The van der Waals surface area contributed by atoms with Crippen LogP contribution in [0.1, 0.15) is 57.1 Å². The van der Waals surface area contributed by atoms with Crippen molar-refractivity contribution in [1.82, 2.24) is 0 Å². The molecule has 0 atom stereocenters. The van der Waals surface area contributed by atoms with Gasteiger partial charge in [0.25, 0.3) is 0 Å². The van der Waals surface area contributed by atoms with E-state index >= 15 is 0 Å². The Morgan fingerprint density at radius 1 is 1.12 bits per heavy atom. The van der Waals surface area contributed by atoms with Crippen LogP contribution in [0.15, 0.2) is 24.3 Å². The van der Waals surface area contributed by atoms with Gasteiger partial charge in [-0.3, -0.25) is 4.79 Å². The van der Waals surface area contributed by atoms with Crippen LogP contribution in [0.5, 0.6) is 0 Å². The van der Waals surface area contributed by atoms with Gasteiger partial charge in [0.05, 0.1) is 11.0 Å². The molecule has 3 nitrogen and oxygen atoms in total. The van der Waals surface area contributed by atoms with Gasteiger partial charge in [0, 0.05) is 12.3 Å². The number of rotatable bonds is 7. The van der Waals surface area contributed by atoms with E-state index < -0.39 is 9.84 Å². The molecule has 1 fully saturated rings. The van der Waals surface area contributed by atoms with Crippen molar-refractivity contribution in [3.63, 3.8) is 0 Å². The van der Waals surface area contributed by atoms with Crippen LogP contribution in [0.25, 0.3) is 0 Å². The zero-order valence-electron chi connectivity index (χ0n) is 15.1. The summed E-state index contributed by atoms with van der Waals surface area (Å²) in [4.78, 5) is 12.5. The first-order valence-corrected chi connectivity index (χ1v) is 10.8. The van der Waals surface area contributed by atoms with E-state index in [1.54, 1.807) is 13.8 Å². The number of carbonyl (C=O) groups excluding carboxylic acids is 1. The molecule has 2 rings (SSSR count). The second-order valence-electron chi connectivity index (χ2n) is 7.49. The molecule has 0 spiro atoms. The molecule has 1 aliphatic rings. The number of benzene rings is 1. The summed E-state index contributed by atoms with van der Waals surface area (Å²) in [6.07, 6.45) is 4.85. The lowest BCUT2D eigenvalue weighted by atomic mass is 9.79. The average molecular weight is 351 g/mol. The first-order valence-electron chi connectivity index (χ1n) is 9.08. The van der Waals surface area contributed by atoms with Gasteiger partial charge in [-0.25, -0.2) is 8.42 Å². The van der Waals surface area contributed by atoms with E-state index in [4.69, 9.17) is 0 Å². The van der Waals surface area contributed by atoms with Crippen LogP contribution in [-0.4, -0.2) is 25.2 Å². The minimum absolute atomic E-state index is 0.132. The van der Waals surface area contributed by atoms with Crippen LogP contribution >= 0.6 is 0 Å². The lowest BCUT2D eigenvalue weighted by Crippen LogP contribution is -2.28. The summed E-state index contributed by atoms with van der Waals surface area (Å²) >= 11 is 0. The molecule has 0 aromatic heterocycles. The zero-order valence-corrected chi connectivity index (χ0v) is 15.9. The molecule has 0 aliphatic heterocycles. The van der Waals surface area contributed by atoms with E-state index in [0.717, 1.165) is 32.1 Å². The molecule has 0 N–H and O–H groups in total. The third-order valence-electron chi connectivity index (χ3n) is 5.39. The van der Waals surface area contributed by atoms with Gasteiger partial charge >= 0.3 is 0 Å². The predicted octanol–water partition coefficient (Wildman–Crippen LogP) is 4.13. The van der Waals surface area contributed by atoms with Crippen LogP contribution < -0.4 is 0 Å². The van der Waals surface area contributed by atoms with Gasteiger partial charge in [0.1, 0.15) is 5.78 Å². The minimum atomic E-state index is -2.97. The fourth-order valence-electron chi connectivity index (χ4n) is 3.52. The second kappa shape index (κ2) is 8.28. The number of sulfone groups is 1. The van der Waals surface area contributed by atoms with Gasteiger partial charge in [-0.2, -0.15) is 0 Å². The SMILES string of the molecule is Cc1ccccc1CCC(=O)C1CCC(CS(=O)(=O)C(C)C)CC1. The molecule has 0 heterocycles. The van der Waals surface area contributed by atoms with Crippen LogP contribution in [0.2, 0.25) is 0 Å². The van der Waals surface area contributed by atoms with Gasteiger partial charge in [0.2, 0.25) is 0 Å². The van der Waals surface area contributed by atoms with Gasteiger partial charge in [-0.1, -0.05) is 24.3 Å². The van der Waals surface area contributed by atoms with Crippen molar-refractivity contribution in [2.75, 3.05) is 5.75 Å². The van der Waals surface area contributed by atoms with Crippen molar-refractivity contribution in [3.05, 3.63) is 35.4 Å². The maximum Gasteiger partial charge on any atom is 0.152 e. The minimum Gasteiger partial charge on any atom is -0.299 e. The highest BCUT2D eigenvalue weighted by molar-refractivity contribution is 7.91. The molecule has 0 bridgehead atoms. The summed E-state index contributed by atoms with van der Waals surface area (Å²) in [6.45, 7) is 5.58. The van der Waals surface area contributed by atoms with Crippen LogP contribution in [-0.2, 0) is 21.1 Å². The van der Waals surface area contributed by atoms with Crippen molar-refractivity contribution in [3.8, 4) is 0 Å². The van der Waals surface area contributed by atoms with Crippen molar-refractivity contribution < 1.29 is 13.2 Å². The number of carbonyl (C=O) groups is 1. The fourth-order valence-corrected chi connectivity index (χ4v) is 4.90. The van der Waals surface area contributed by atoms with Crippen LogP contribution in [0, 0.1) is 18.8 Å². The molecule has 0 saturated heterocycles. The highest BCUT2D eigenvalue weighted by atomic mass is 32.2. The quantitative estimate of drug-likeness (QED) is 0.743. The Morgan fingerprint density at radius 3 is 2.33 bits per heavy atom. The molecule has 0 unspecified atom stereocenters. The summed E-state index contributed by atoms with van der Waals surface area (Å²) in [5.41, 5.74) is 2.50. The highest BCUT2D eigenvalue weighted by Gasteiger charge is 2.29. The number of hydrogen-bond donors (Lipinski definition) is 0. The van der Waals surface area contributed by atoms with Gasteiger partial charge < -0.3 is 0 Å². The fraction of sp³-hybridized carbons (Fsp3) is 0.650. The van der Waals surface area contributed by atoms with E-state index in [0.29, 0.717) is 12.2 Å². The molecule has 4 heteroatoms. The Hall–Kier alpha value is -1.16. The maximum atomic E-state index is 12.5. The molecule has 1 aliphatic carbocycles. The Balaban J connectivity index is 1.80. The van der Waals surface area contributed by atoms with Crippen molar-refractivity contribution in [2.24, 2.45) is 11.8 Å². The summed E-state index contributed by atoms with van der Waals surface area (Å²) in [7, 11) is -2.97. The molecule has 24 heavy (non-hydrogen) atoms. The van der Waals surface area contributed by atoms with E-state index in [-0.39, 0.29) is 22.8 Å². The predicted molar refractivity (Wildman–Crippen MR) is 98.9 cm³/mol. The molecule has 0 radical (unpaired) electrons. The Kier molecular flexibility index (Phi) is 6.62. The topological polar surface area (TPSA) is 51.2 Å². The molecule has 0 amide bonds. The first-order chi connectivity index (χ1) is 11.3. The molecular weight excluding hydrogens is 320 g/mol. The van der Waals surface area contributed by atoms with Crippen LogP contribution in [0.3, 0.4) is 0 Å². The number of ketones is 1. The van der Waals surface area contributed by atoms with Gasteiger partial charge in [0.15, 0.2) is 9.84 Å². The van der Waals surface area contributed by atoms with Crippen molar-refractivity contribution in [2.45, 2.75) is 64.5 Å². The third kappa shape index (κ3) is 5.17. The number of Topliss-reactive ketones (excluding diaryl/α,β-unsaturated/α-hetero) is 1. The molecule has 1 aromatic carbocycles. The summed E-state index contributed by atoms with van der Waals surface area (Å²) in [6, 6.07) is 8.22. The average Bonchev–Trinajstić information content (AvgIpc) is 2.54. The molecule has 1 aromatic rings. The smallest absolute Gasteiger partial charge is 0.152 e. The second-order valence-corrected chi connectivity index (χ2v) is 10.1. The van der Waals surface area contributed by atoms with Crippen LogP contribution in [0.4, 0.5) is 0 Å². The van der Waals surface area contributed by atoms with Crippen molar-refractivity contribution >= 4 is 15.6 Å². The zero-order chi connectivity index (χ0) is 17.7. The standard InChI is InChI=1S/C20H30O3S/c1-15(2)24(22,23)14-17-8-10-19(11-9-17)20(21)13-12-18-7-5-4-6-16(18)3/h4-7,15,17,19H,8-14H2,1-3H3. The highest BCUT2D eigenvalue weighted by Crippen LogP contribution is 2.31. The Labute approximate surface area is 146 Å². The summed E-state index contributed by atoms with van der Waals surface area (Å²) in [5.74, 6) is 1.00. The Bertz CT molecular complexity index is 653. The number of aryl methyl sites for hydroxylation is 2. The van der Waals surface area contributed by atoms with E-state index in [1.807, 2.05) is 12.1 Å². The normalized spacial score (nSPS) is 21.8. The van der Waals surface area contributed by atoms with Gasteiger partial charge in [-0.05, 0) is 69.9 Å². The molecule has 134 valence electrons. The summed E-state index contributed by atoms with van der Waals surface area (Å²) < 4.78 is 24.1. The lowest BCUT2D eigenvalue weighted by Gasteiger charge is -2.28. The van der Waals surface area contributed by atoms with E-state index in [2.05, 4.69) is 19.1 Å². The van der Waals surface area contributed by atoms with E-state index in [1.165, 1.54) is 11.1 Å². The number of hydrogen-bond acceptors (Lipinski definition) is 3.